The third-order valence-electron chi connectivity index (χ3n) is 3.15. The normalized spacial score (nSPS) is 12.8. The van der Waals surface area contributed by atoms with Gasteiger partial charge in [0.25, 0.3) is 0 Å². The molecule has 2 rings (SSSR count). The third kappa shape index (κ3) is 3.79. The average molecular weight is 293 g/mol. The highest BCUT2D eigenvalue weighted by Crippen LogP contribution is 2.23. The van der Waals surface area contributed by atoms with Gasteiger partial charge in [-0.05, 0) is 31.0 Å². The molecule has 0 radical (unpaired) electrons. The summed E-state index contributed by atoms with van der Waals surface area (Å²) in [5, 5.41) is 2.08. The Morgan fingerprint density at radius 1 is 1.37 bits per heavy atom. The van der Waals surface area contributed by atoms with Crippen molar-refractivity contribution in [3.05, 3.63) is 46.4 Å². The zero-order valence-electron chi connectivity index (χ0n) is 11.2. The van der Waals surface area contributed by atoms with Crippen LogP contribution in [0.25, 0.3) is 0 Å². The quantitative estimate of drug-likeness (QED) is 0.831. The standard InChI is InChI=1S/C14H19N3S2/c1-17(8-12-9-19-10-16-12)14(7-15)11-3-5-13(18-2)6-4-11/h3-6,9-10,14H,7-8,15H2,1-2H3. The second kappa shape index (κ2) is 7.05. The minimum atomic E-state index is 0.234. The van der Waals surface area contributed by atoms with E-state index in [4.69, 9.17) is 5.73 Å². The lowest BCUT2D eigenvalue weighted by Crippen LogP contribution is -2.30. The van der Waals surface area contributed by atoms with Crippen molar-refractivity contribution in [1.29, 1.82) is 0 Å². The fourth-order valence-corrected chi connectivity index (χ4v) is 3.04. The molecule has 0 bridgehead atoms. The first-order valence-corrected chi connectivity index (χ1v) is 8.32. The fourth-order valence-electron chi connectivity index (χ4n) is 2.08. The molecular weight excluding hydrogens is 274 g/mol. The van der Waals surface area contributed by atoms with Crippen molar-refractivity contribution in [2.45, 2.75) is 17.5 Å². The number of hydrogen-bond donors (Lipinski definition) is 1. The number of hydrogen-bond acceptors (Lipinski definition) is 5. The summed E-state index contributed by atoms with van der Waals surface area (Å²) in [5.74, 6) is 0. The second-order valence-electron chi connectivity index (χ2n) is 4.42. The molecule has 1 aromatic carbocycles. The molecule has 2 aromatic rings. The maximum absolute atomic E-state index is 5.94. The first-order chi connectivity index (χ1) is 9.24. The van der Waals surface area contributed by atoms with E-state index in [2.05, 4.69) is 52.8 Å². The zero-order valence-corrected chi connectivity index (χ0v) is 12.9. The van der Waals surface area contributed by atoms with E-state index in [0.717, 1.165) is 12.2 Å². The Bertz CT molecular complexity index is 482. The summed E-state index contributed by atoms with van der Waals surface area (Å²) in [7, 11) is 2.10. The SMILES string of the molecule is CSc1ccc(C(CN)N(C)Cc2cscn2)cc1. The largest absolute Gasteiger partial charge is 0.329 e. The van der Waals surface area contributed by atoms with E-state index < -0.39 is 0 Å². The number of rotatable bonds is 6. The Kier molecular flexibility index (Phi) is 5.39. The summed E-state index contributed by atoms with van der Waals surface area (Å²) < 4.78 is 0. The van der Waals surface area contributed by atoms with Gasteiger partial charge in [-0.3, -0.25) is 4.90 Å². The molecule has 0 spiro atoms. The van der Waals surface area contributed by atoms with Crippen molar-refractivity contribution in [2.75, 3.05) is 19.8 Å². The molecule has 0 saturated carbocycles. The fraction of sp³-hybridized carbons (Fsp3) is 0.357. The van der Waals surface area contributed by atoms with Gasteiger partial charge in [0.05, 0.1) is 11.2 Å². The van der Waals surface area contributed by atoms with Gasteiger partial charge in [0, 0.05) is 29.4 Å². The summed E-state index contributed by atoms with van der Waals surface area (Å²) >= 11 is 3.39. The molecule has 0 aliphatic heterocycles. The Balaban J connectivity index is 2.09. The maximum Gasteiger partial charge on any atom is 0.0795 e. The summed E-state index contributed by atoms with van der Waals surface area (Å²) in [6, 6.07) is 8.87. The minimum absolute atomic E-state index is 0.234. The zero-order chi connectivity index (χ0) is 13.7. The lowest BCUT2D eigenvalue weighted by molar-refractivity contribution is 0.239. The number of aromatic nitrogens is 1. The molecule has 0 amide bonds. The van der Waals surface area contributed by atoms with Crippen LogP contribution in [0, 0.1) is 0 Å². The van der Waals surface area contributed by atoms with E-state index in [1.807, 2.05) is 5.51 Å². The molecule has 0 saturated heterocycles. The van der Waals surface area contributed by atoms with Gasteiger partial charge in [-0.15, -0.1) is 23.1 Å². The Morgan fingerprint density at radius 2 is 2.11 bits per heavy atom. The van der Waals surface area contributed by atoms with Gasteiger partial charge in [0.1, 0.15) is 0 Å². The van der Waals surface area contributed by atoms with Gasteiger partial charge >= 0.3 is 0 Å². The first-order valence-electron chi connectivity index (χ1n) is 6.16. The topological polar surface area (TPSA) is 42.1 Å². The predicted octanol–water partition coefficient (Wildman–Crippen LogP) is 3.00. The van der Waals surface area contributed by atoms with Crippen LogP contribution in [0.3, 0.4) is 0 Å². The Hall–Kier alpha value is -0.880. The molecule has 102 valence electrons. The number of nitrogens with two attached hydrogens (primary N) is 1. The molecule has 5 heteroatoms. The summed E-state index contributed by atoms with van der Waals surface area (Å²) in [5.41, 5.74) is 10.2. The molecule has 1 unspecified atom stereocenters. The van der Waals surface area contributed by atoms with E-state index in [0.29, 0.717) is 6.54 Å². The van der Waals surface area contributed by atoms with Crippen molar-refractivity contribution < 1.29 is 0 Å². The maximum atomic E-state index is 5.94. The van der Waals surface area contributed by atoms with Crippen LogP contribution in [-0.2, 0) is 6.54 Å². The Labute approximate surface area is 122 Å². The molecular formula is C14H19N3S2. The number of likely N-dealkylation sites (N-methyl/N-ethyl adjacent to an activating group) is 1. The van der Waals surface area contributed by atoms with Gasteiger partial charge < -0.3 is 5.73 Å². The second-order valence-corrected chi connectivity index (χ2v) is 6.02. The molecule has 1 heterocycles. The van der Waals surface area contributed by atoms with Gasteiger partial charge in [-0.1, -0.05) is 12.1 Å². The van der Waals surface area contributed by atoms with Crippen LogP contribution in [0.1, 0.15) is 17.3 Å². The minimum Gasteiger partial charge on any atom is -0.329 e. The van der Waals surface area contributed by atoms with Crippen molar-refractivity contribution in [3.63, 3.8) is 0 Å². The number of thioether (sulfide) groups is 1. The van der Waals surface area contributed by atoms with Crippen molar-refractivity contribution in [2.24, 2.45) is 5.73 Å². The smallest absolute Gasteiger partial charge is 0.0795 e. The average Bonchev–Trinajstić information content (AvgIpc) is 2.93. The number of thiazole rings is 1. The van der Waals surface area contributed by atoms with Crippen LogP contribution >= 0.6 is 23.1 Å². The van der Waals surface area contributed by atoms with Crippen molar-refractivity contribution >= 4 is 23.1 Å². The van der Waals surface area contributed by atoms with Crippen molar-refractivity contribution in [1.82, 2.24) is 9.88 Å². The summed E-state index contributed by atoms with van der Waals surface area (Å²) in [6.07, 6.45) is 2.09. The molecule has 1 atom stereocenters. The highest BCUT2D eigenvalue weighted by molar-refractivity contribution is 7.98. The number of benzene rings is 1. The molecule has 0 aliphatic rings. The van der Waals surface area contributed by atoms with Crippen LogP contribution in [0.15, 0.2) is 40.1 Å². The summed E-state index contributed by atoms with van der Waals surface area (Å²) in [4.78, 5) is 7.86. The third-order valence-corrected chi connectivity index (χ3v) is 4.53. The van der Waals surface area contributed by atoms with E-state index in [1.165, 1.54) is 10.5 Å². The first kappa shape index (κ1) is 14.5. The van der Waals surface area contributed by atoms with Gasteiger partial charge in [0.2, 0.25) is 0 Å². The van der Waals surface area contributed by atoms with Crippen LogP contribution < -0.4 is 5.73 Å². The molecule has 2 N–H and O–H groups in total. The van der Waals surface area contributed by atoms with Crippen LogP contribution in [0.4, 0.5) is 0 Å². The van der Waals surface area contributed by atoms with Crippen LogP contribution in [-0.4, -0.2) is 29.7 Å². The predicted molar refractivity (Wildman–Crippen MR) is 83.6 cm³/mol. The monoisotopic (exact) mass is 293 g/mol. The van der Waals surface area contributed by atoms with E-state index in [-0.39, 0.29) is 6.04 Å². The van der Waals surface area contributed by atoms with E-state index >= 15 is 0 Å². The lowest BCUT2D eigenvalue weighted by atomic mass is 10.1. The van der Waals surface area contributed by atoms with Crippen LogP contribution in [0.2, 0.25) is 0 Å². The van der Waals surface area contributed by atoms with Crippen LogP contribution in [0.5, 0.6) is 0 Å². The highest BCUT2D eigenvalue weighted by atomic mass is 32.2. The van der Waals surface area contributed by atoms with Gasteiger partial charge in [-0.25, -0.2) is 4.98 Å². The summed E-state index contributed by atoms with van der Waals surface area (Å²) in [6.45, 7) is 1.44. The Morgan fingerprint density at radius 3 is 2.63 bits per heavy atom. The molecule has 0 fully saturated rings. The molecule has 3 nitrogen and oxygen atoms in total. The van der Waals surface area contributed by atoms with E-state index in [9.17, 15) is 0 Å². The van der Waals surface area contributed by atoms with Crippen molar-refractivity contribution in [3.8, 4) is 0 Å². The number of nitrogens with zero attached hydrogens (tertiary/aromatic N) is 2. The van der Waals surface area contributed by atoms with Gasteiger partial charge in [-0.2, -0.15) is 0 Å². The molecule has 19 heavy (non-hydrogen) atoms. The molecule has 0 aliphatic carbocycles. The molecule has 1 aromatic heterocycles. The highest BCUT2D eigenvalue weighted by Gasteiger charge is 2.16. The lowest BCUT2D eigenvalue weighted by Gasteiger charge is -2.26. The van der Waals surface area contributed by atoms with Gasteiger partial charge in [0.15, 0.2) is 0 Å². The van der Waals surface area contributed by atoms with E-state index in [1.54, 1.807) is 23.1 Å².